The number of hydrogen-bond acceptors (Lipinski definition) is 4. The van der Waals surface area contributed by atoms with E-state index in [4.69, 9.17) is 0 Å². The van der Waals surface area contributed by atoms with Gasteiger partial charge in [-0.2, -0.15) is 0 Å². The topological polar surface area (TPSA) is 62.3 Å². The number of fused-ring (bicyclic) bond motifs is 1. The summed E-state index contributed by atoms with van der Waals surface area (Å²) in [6.07, 6.45) is 3.78. The number of rotatable bonds is 4. The van der Waals surface area contributed by atoms with E-state index in [1.807, 2.05) is 24.3 Å². The van der Waals surface area contributed by atoms with Crippen molar-refractivity contribution >= 4 is 38.5 Å². The third kappa shape index (κ3) is 3.34. The molecule has 0 bridgehead atoms. The number of benzene rings is 1. The van der Waals surface area contributed by atoms with E-state index in [-0.39, 0.29) is 29.1 Å². The first-order chi connectivity index (χ1) is 13.3. The van der Waals surface area contributed by atoms with E-state index in [0.29, 0.717) is 18.1 Å². The molecule has 2 fully saturated rings. The number of hydrogen-bond donors (Lipinski definition) is 1. The third-order valence-corrected chi connectivity index (χ3v) is 7.00. The van der Waals surface area contributed by atoms with Crippen LogP contribution in [0.3, 0.4) is 0 Å². The van der Waals surface area contributed by atoms with Gasteiger partial charge in [0.05, 0.1) is 16.1 Å². The number of aromatic nitrogens is 1. The molecule has 28 heavy (non-hydrogen) atoms. The second kappa shape index (κ2) is 6.99. The minimum absolute atomic E-state index is 0.0294. The van der Waals surface area contributed by atoms with Crippen LogP contribution in [0.1, 0.15) is 40.5 Å². The van der Waals surface area contributed by atoms with Crippen LogP contribution in [0.5, 0.6) is 0 Å². The fourth-order valence-electron chi connectivity index (χ4n) is 4.42. The van der Waals surface area contributed by atoms with Crippen LogP contribution in [0.2, 0.25) is 0 Å². The molecule has 2 aromatic rings. The van der Waals surface area contributed by atoms with Gasteiger partial charge < -0.3 is 10.2 Å². The number of amides is 2. The zero-order valence-corrected chi connectivity index (χ0v) is 17.7. The van der Waals surface area contributed by atoms with Crippen molar-refractivity contribution in [3.05, 3.63) is 35.9 Å². The van der Waals surface area contributed by atoms with E-state index in [1.54, 1.807) is 4.90 Å². The highest BCUT2D eigenvalue weighted by atomic mass is 32.1. The number of carbonyl (C=O) groups is 2. The number of anilines is 1. The molecule has 1 saturated carbocycles. The fraction of sp³-hybridized carbons (Fsp3) is 0.500. The Hall–Kier alpha value is -2.21. The Morgan fingerprint density at radius 1 is 1.29 bits per heavy atom. The molecule has 4 rings (SSSR count). The van der Waals surface area contributed by atoms with Crippen LogP contribution in [0.25, 0.3) is 10.2 Å². The van der Waals surface area contributed by atoms with Crippen molar-refractivity contribution in [1.82, 2.24) is 9.88 Å². The Bertz CT molecular complexity index is 925. The first-order valence-corrected chi connectivity index (χ1v) is 10.7. The maximum atomic E-state index is 13.2. The van der Waals surface area contributed by atoms with Crippen LogP contribution in [0.15, 0.2) is 35.9 Å². The number of thiazole rings is 1. The summed E-state index contributed by atoms with van der Waals surface area (Å²) in [6.45, 7) is 9.09. The Balaban J connectivity index is 1.48. The standard InChI is InChI=1S/C22H27N3O2S/c1-13(2)12-14-18(22(14,3)4)20(27)25-11-7-9-16(25)19(26)24-21-23-15-8-5-6-10-17(15)28-21/h5-6,8,10,12,14,16,18H,7,9,11H2,1-4H3,(H,23,24,26). The van der Waals surface area contributed by atoms with Gasteiger partial charge in [0, 0.05) is 6.54 Å². The first-order valence-electron chi connectivity index (χ1n) is 9.91. The average Bonchev–Trinajstić information content (AvgIpc) is 3.06. The van der Waals surface area contributed by atoms with Gasteiger partial charge in [0.2, 0.25) is 11.8 Å². The predicted octanol–water partition coefficient (Wildman–Crippen LogP) is 4.46. The molecule has 0 radical (unpaired) electrons. The summed E-state index contributed by atoms with van der Waals surface area (Å²) in [5.41, 5.74) is 2.08. The highest BCUT2D eigenvalue weighted by Gasteiger charge is 2.62. The van der Waals surface area contributed by atoms with Gasteiger partial charge in [0.1, 0.15) is 6.04 Å². The number of para-hydroxylation sites is 1. The van der Waals surface area contributed by atoms with Crippen LogP contribution >= 0.6 is 11.3 Å². The lowest BCUT2D eigenvalue weighted by molar-refractivity contribution is -0.138. The van der Waals surface area contributed by atoms with Crippen molar-refractivity contribution in [2.24, 2.45) is 17.3 Å². The van der Waals surface area contributed by atoms with Gasteiger partial charge in [0.25, 0.3) is 0 Å². The summed E-state index contributed by atoms with van der Waals surface area (Å²) >= 11 is 1.47. The van der Waals surface area contributed by atoms with Crippen LogP contribution in [0.4, 0.5) is 5.13 Å². The zero-order valence-electron chi connectivity index (χ0n) is 16.9. The van der Waals surface area contributed by atoms with E-state index in [9.17, 15) is 9.59 Å². The molecule has 1 aliphatic heterocycles. The average molecular weight is 398 g/mol. The van der Waals surface area contributed by atoms with Gasteiger partial charge in [0.15, 0.2) is 5.13 Å². The van der Waals surface area contributed by atoms with Crippen LogP contribution in [-0.4, -0.2) is 34.3 Å². The molecule has 0 spiro atoms. The summed E-state index contributed by atoms with van der Waals surface area (Å²) in [6, 6.07) is 7.43. The fourth-order valence-corrected chi connectivity index (χ4v) is 5.28. The predicted molar refractivity (Wildman–Crippen MR) is 113 cm³/mol. The second-order valence-electron chi connectivity index (χ2n) is 8.73. The summed E-state index contributed by atoms with van der Waals surface area (Å²) in [4.78, 5) is 32.4. The van der Waals surface area contributed by atoms with Crippen LogP contribution in [-0.2, 0) is 9.59 Å². The van der Waals surface area contributed by atoms with Crippen molar-refractivity contribution in [1.29, 1.82) is 0 Å². The lowest BCUT2D eigenvalue weighted by Crippen LogP contribution is -2.44. The quantitative estimate of drug-likeness (QED) is 0.775. The Morgan fingerprint density at radius 3 is 2.75 bits per heavy atom. The van der Waals surface area contributed by atoms with E-state index in [0.717, 1.165) is 16.6 Å². The van der Waals surface area contributed by atoms with Crippen molar-refractivity contribution in [3.63, 3.8) is 0 Å². The smallest absolute Gasteiger partial charge is 0.248 e. The molecule has 148 valence electrons. The van der Waals surface area contributed by atoms with Gasteiger partial charge >= 0.3 is 0 Å². The van der Waals surface area contributed by atoms with Crippen molar-refractivity contribution in [2.45, 2.75) is 46.6 Å². The molecule has 2 aliphatic rings. The molecule has 1 aromatic carbocycles. The normalized spacial score (nSPS) is 25.6. The van der Waals surface area contributed by atoms with E-state index in [1.165, 1.54) is 16.9 Å². The lowest BCUT2D eigenvalue weighted by atomic mass is 10.1. The highest BCUT2D eigenvalue weighted by Crippen LogP contribution is 2.60. The summed E-state index contributed by atoms with van der Waals surface area (Å²) in [5.74, 6) is 0.230. The van der Waals surface area contributed by atoms with Crippen molar-refractivity contribution < 1.29 is 9.59 Å². The largest absolute Gasteiger partial charge is 0.330 e. The van der Waals surface area contributed by atoms with Gasteiger partial charge in [-0.05, 0) is 50.2 Å². The maximum Gasteiger partial charge on any atom is 0.248 e. The molecular weight excluding hydrogens is 370 g/mol. The third-order valence-electron chi connectivity index (χ3n) is 6.05. The Labute approximate surface area is 169 Å². The summed E-state index contributed by atoms with van der Waals surface area (Å²) < 4.78 is 1.04. The molecule has 3 unspecified atom stereocenters. The van der Waals surface area contributed by atoms with E-state index < -0.39 is 6.04 Å². The monoisotopic (exact) mass is 397 g/mol. The zero-order chi connectivity index (χ0) is 20.1. The lowest BCUT2D eigenvalue weighted by Gasteiger charge is -2.24. The molecule has 1 aromatic heterocycles. The number of carbonyl (C=O) groups excluding carboxylic acids is 2. The number of nitrogens with one attached hydrogen (secondary N) is 1. The number of nitrogens with zero attached hydrogens (tertiary/aromatic N) is 2. The molecule has 5 nitrogen and oxygen atoms in total. The molecule has 2 heterocycles. The van der Waals surface area contributed by atoms with E-state index >= 15 is 0 Å². The second-order valence-corrected chi connectivity index (χ2v) is 9.77. The molecular formula is C22H27N3O2S. The van der Waals surface area contributed by atoms with Crippen molar-refractivity contribution in [2.75, 3.05) is 11.9 Å². The molecule has 2 amide bonds. The molecule has 3 atom stereocenters. The SMILES string of the molecule is CC(C)=CC1C(C(=O)N2CCCC2C(=O)Nc2nc3ccccc3s2)C1(C)C. The number of allylic oxidation sites excluding steroid dienone is 2. The minimum atomic E-state index is -0.400. The van der Waals surface area contributed by atoms with Gasteiger partial charge in [-0.1, -0.05) is 49.0 Å². The Morgan fingerprint density at radius 2 is 2.04 bits per heavy atom. The Kier molecular flexibility index (Phi) is 4.78. The van der Waals surface area contributed by atoms with Gasteiger partial charge in [-0.15, -0.1) is 0 Å². The maximum absolute atomic E-state index is 13.2. The summed E-state index contributed by atoms with van der Waals surface area (Å²) in [5, 5.41) is 3.54. The van der Waals surface area contributed by atoms with Crippen LogP contribution in [0, 0.1) is 17.3 Å². The first kappa shape index (κ1) is 19.1. The van der Waals surface area contributed by atoms with Crippen LogP contribution < -0.4 is 5.32 Å². The molecule has 1 N–H and O–H groups in total. The number of likely N-dealkylation sites (tertiary alicyclic amines) is 1. The van der Waals surface area contributed by atoms with E-state index in [2.05, 4.69) is 44.1 Å². The molecule has 6 heteroatoms. The molecule has 1 saturated heterocycles. The summed E-state index contributed by atoms with van der Waals surface area (Å²) in [7, 11) is 0. The highest BCUT2D eigenvalue weighted by molar-refractivity contribution is 7.22. The van der Waals surface area contributed by atoms with Gasteiger partial charge in [-0.3, -0.25) is 9.59 Å². The minimum Gasteiger partial charge on any atom is -0.330 e. The molecule has 1 aliphatic carbocycles. The van der Waals surface area contributed by atoms with Gasteiger partial charge in [-0.25, -0.2) is 4.98 Å². The van der Waals surface area contributed by atoms with Crippen molar-refractivity contribution in [3.8, 4) is 0 Å².